The Labute approximate surface area is 113 Å². The third kappa shape index (κ3) is 6.50. The second kappa shape index (κ2) is 8.08. The van der Waals surface area contributed by atoms with E-state index in [0.717, 1.165) is 30.8 Å². The molecule has 0 amide bonds. The van der Waals surface area contributed by atoms with Crippen LogP contribution in [0.15, 0.2) is 24.3 Å². The van der Waals surface area contributed by atoms with Gasteiger partial charge in [-0.05, 0) is 30.7 Å². The van der Waals surface area contributed by atoms with Crippen molar-refractivity contribution in [3.63, 3.8) is 0 Å². The normalized spacial score (nSPS) is 11.6. The van der Waals surface area contributed by atoms with Crippen molar-refractivity contribution in [2.75, 3.05) is 11.9 Å². The van der Waals surface area contributed by atoms with E-state index >= 15 is 0 Å². The van der Waals surface area contributed by atoms with E-state index in [9.17, 15) is 13.2 Å². The fourth-order valence-electron chi connectivity index (χ4n) is 1.92. The molecule has 1 nitrogen and oxygen atoms in total. The molecule has 0 aromatic heterocycles. The van der Waals surface area contributed by atoms with Crippen molar-refractivity contribution in [1.29, 1.82) is 0 Å². The molecule has 19 heavy (non-hydrogen) atoms. The van der Waals surface area contributed by atoms with Gasteiger partial charge >= 0.3 is 6.18 Å². The Morgan fingerprint density at radius 1 is 0.895 bits per heavy atom. The first-order chi connectivity index (χ1) is 9.04. The predicted molar refractivity (Wildman–Crippen MR) is 73.3 cm³/mol. The number of anilines is 1. The van der Waals surface area contributed by atoms with Crippen molar-refractivity contribution in [2.24, 2.45) is 0 Å². The maximum Gasteiger partial charge on any atom is 0.416 e. The zero-order valence-corrected chi connectivity index (χ0v) is 11.4. The average molecular weight is 273 g/mol. The highest BCUT2D eigenvalue weighted by Crippen LogP contribution is 2.29. The van der Waals surface area contributed by atoms with Gasteiger partial charge in [0, 0.05) is 12.2 Å². The Bertz CT molecular complexity index is 343. The first-order valence-electron chi connectivity index (χ1n) is 6.95. The third-order valence-electron chi connectivity index (χ3n) is 3.07. The largest absolute Gasteiger partial charge is 0.416 e. The molecule has 0 aliphatic rings. The number of hydrogen-bond acceptors (Lipinski definition) is 1. The van der Waals surface area contributed by atoms with E-state index in [1.165, 1.54) is 44.2 Å². The fraction of sp³-hybridized carbons (Fsp3) is 0.600. The van der Waals surface area contributed by atoms with Crippen molar-refractivity contribution in [3.8, 4) is 0 Å². The number of hydrogen-bond donors (Lipinski definition) is 1. The Morgan fingerprint density at radius 2 is 1.47 bits per heavy atom. The molecule has 0 radical (unpaired) electrons. The average Bonchev–Trinajstić information content (AvgIpc) is 2.37. The number of alkyl halides is 3. The second-order valence-corrected chi connectivity index (χ2v) is 4.77. The summed E-state index contributed by atoms with van der Waals surface area (Å²) >= 11 is 0. The van der Waals surface area contributed by atoms with Crippen LogP contribution in [-0.2, 0) is 6.18 Å². The zero-order valence-electron chi connectivity index (χ0n) is 11.4. The van der Waals surface area contributed by atoms with E-state index in [-0.39, 0.29) is 0 Å². The lowest BCUT2D eigenvalue weighted by Crippen LogP contribution is -2.05. The molecule has 1 aromatic rings. The summed E-state index contributed by atoms with van der Waals surface area (Å²) in [5, 5.41) is 3.15. The van der Waals surface area contributed by atoms with E-state index in [1.54, 1.807) is 0 Å². The molecule has 0 atom stereocenters. The fourth-order valence-corrected chi connectivity index (χ4v) is 1.92. The van der Waals surface area contributed by atoms with Gasteiger partial charge in [0.15, 0.2) is 0 Å². The van der Waals surface area contributed by atoms with Gasteiger partial charge in [-0.3, -0.25) is 0 Å². The Morgan fingerprint density at radius 3 is 2.05 bits per heavy atom. The Balaban J connectivity index is 2.20. The minimum atomic E-state index is -4.25. The second-order valence-electron chi connectivity index (χ2n) is 4.77. The summed E-state index contributed by atoms with van der Waals surface area (Å²) in [7, 11) is 0. The van der Waals surface area contributed by atoms with E-state index in [0.29, 0.717) is 0 Å². The molecule has 1 rings (SSSR count). The van der Waals surface area contributed by atoms with Gasteiger partial charge in [0.2, 0.25) is 0 Å². The monoisotopic (exact) mass is 273 g/mol. The van der Waals surface area contributed by atoms with Crippen LogP contribution in [-0.4, -0.2) is 6.54 Å². The van der Waals surface area contributed by atoms with E-state index in [1.807, 2.05) is 0 Å². The smallest absolute Gasteiger partial charge is 0.385 e. The highest BCUT2D eigenvalue weighted by atomic mass is 19.4. The highest BCUT2D eigenvalue weighted by Gasteiger charge is 2.29. The van der Waals surface area contributed by atoms with Crippen LogP contribution >= 0.6 is 0 Å². The summed E-state index contributed by atoms with van der Waals surface area (Å²) in [5.41, 5.74) is 0.152. The molecule has 0 spiro atoms. The molecule has 108 valence electrons. The van der Waals surface area contributed by atoms with Gasteiger partial charge in [-0.25, -0.2) is 0 Å². The molecular weight excluding hydrogens is 251 g/mol. The van der Waals surface area contributed by atoms with Crippen molar-refractivity contribution in [3.05, 3.63) is 29.8 Å². The lowest BCUT2D eigenvalue weighted by molar-refractivity contribution is -0.137. The van der Waals surface area contributed by atoms with E-state index in [2.05, 4.69) is 12.2 Å². The molecule has 0 aliphatic carbocycles. The van der Waals surface area contributed by atoms with Gasteiger partial charge in [0.1, 0.15) is 0 Å². The van der Waals surface area contributed by atoms with E-state index in [4.69, 9.17) is 0 Å². The molecule has 4 heteroatoms. The van der Waals surface area contributed by atoms with Crippen LogP contribution in [0.3, 0.4) is 0 Å². The first-order valence-corrected chi connectivity index (χ1v) is 6.95. The van der Waals surface area contributed by atoms with Gasteiger partial charge in [-0.1, -0.05) is 39.0 Å². The van der Waals surface area contributed by atoms with Crippen LogP contribution in [0.4, 0.5) is 18.9 Å². The molecular formula is C15H22F3N. The minimum Gasteiger partial charge on any atom is -0.385 e. The molecule has 0 unspecified atom stereocenters. The molecule has 0 saturated carbocycles. The predicted octanol–water partition coefficient (Wildman–Crippen LogP) is 5.48. The van der Waals surface area contributed by atoms with Crippen LogP contribution in [0.1, 0.15) is 51.0 Å². The summed E-state index contributed by atoms with van der Waals surface area (Å²) in [6.07, 6.45) is 3.02. The number of benzene rings is 1. The van der Waals surface area contributed by atoms with Crippen LogP contribution in [0, 0.1) is 0 Å². The molecule has 0 saturated heterocycles. The standard InChI is InChI=1S/C15H22F3N/c1-2-3-4-5-6-7-12-19-14-10-8-13(9-11-14)15(16,17)18/h8-11,19H,2-7,12H2,1H3. The van der Waals surface area contributed by atoms with Crippen molar-refractivity contribution < 1.29 is 13.2 Å². The minimum absolute atomic E-state index is 0.599. The molecule has 1 N–H and O–H groups in total. The Hall–Kier alpha value is -1.19. The lowest BCUT2D eigenvalue weighted by Gasteiger charge is -2.09. The molecule has 1 aromatic carbocycles. The lowest BCUT2D eigenvalue weighted by atomic mass is 10.1. The summed E-state index contributed by atoms with van der Waals surface area (Å²) < 4.78 is 37.1. The van der Waals surface area contributed by atoms with Crippen LogP contribution in [0.2, 0.25) is 0 Å². The summed E-state index contributed by atoms with van der Waals surface area (Å²) in [6.45, 7) is 3.00. The number of halogens is 3. The van der Waals surface area contributed by atoms with Gasteiger partial charge in [0.05, 0.1) is 5.56 Å². The SMILES string of the molecule is CCCCCCCCNc1ccc(C(F)(F)F)cc1. The number of unbranched alkanes of at least 4 members (excludes halogenated alkanes) is 5. The molecule has 0 heterocycles. The molecule has 0 fully saturated rings. The number of nitrogens with one attached hydrogen (secondary N) is 1. The maximum atomic E-state index is 12.4. The third-order valence-corrected chi connectivity index (χ3v) is 3.07. The highest BCUT2D eigenvalue weighted by molar-refractivity contribution is 5.44. The van der Waals surface area contributed by atoms with Crippen molar-refractivity contribution >= 4 is 5.69 Å². The Kier molecular flexibility index (Phi) is 6.74. The van der Waals surface area contributed by atoms with Crippen LogP contribution < -0.4 is 5.32 Å². The summed E-state index contributed by atoms with van der Waals surface area (Å²) in [4.78, 5) is 0. The first kappa shape index (κ1) is 15.9. The van der Waals surface area contributed by atoms with E-state index < -0.39 is 11.7 Å². The topological polar surface area (TPSA) is 12.0 Å². The van der Waals surface area contributed by atoms with Crippen molar-refractivity contribution in [1.82, 2.24) is 0 Å². The molecule has 0 bridgehead atoms. The quantitative estimate of drug-likeness (QED) is 0.618. The van der Waals surface area contributed by atoms with Gasteiger partial charge in [-0.2, -0.15) is 13.2 Å². The van der Waals surface area contributed by atoms with Gasteiger partial charge < -0.3 is 5.32 Å². The van der Waals surface area contributed by atoms with Gasteiger partial charge in [-0.15, -0.1) is 0 Å². The zero-order chi connectivity index (χ0) is 14.1. The molecule has 0 aliphatic heterocycles. The van der Waals surface area contributed by atoms with Crippen LogP contribution in [0.25, 0.3) is 0 Å². The van der Waals surface area contributed by atoms with Crippen LogP contribution in [0.5, 0.6) is 0 Å². The van der Waals surface area contributed by atoms with Gasteiger partial charge in [0.25, 0.3) is 0 Å². The summed E-state index contributed by atoms with van der Waals surface area (Å²) in [5.74, 6) is 0. The number of rotatable bonds is 8. The van der Waals surface area contributed by atoms with Crippen molar-refractivity contribution in [2.45, 2.75) is 51.6 Å². The maximum absolute atomic E-state index is 12.4. The summed E-state index contributed by atoms with van der Waals surface area (Å²) in [6, 6.07) is 5.20.